The van der Waals surface area contributed by atoms with Gasteiger partial charge in [0.05, 0.1) is 0 Å². The summed E-state index contributed by atoms with van der Waals surface area (Å²) in [4.78, 5) is 0. The van der Waals surface area contributed by atoms with Gasteiger partial charge in [0.25, 0.3) is 0 Å². The molecule has 0 fully saturated rings. The Labute approximate surface area is 103 Å². The maximum absolute atomic E-state index is 6.17. The molecule has 0 spiro atoms. The second kappa shape index (κ2) is 7.46. The van der Waals surface area contributed by atoms with Gasteiger partial charge in [-0.3, -0.25) is 0 Å². The lowest BCUT2D eigenvalue weighted by molar-refractivity contribution is 0.132. The molecule has 0 aromatic carbocycles. The van der Waals surface area contributed by atoms with E-state index >= 15 is 0 Å². The van der Waals surface area contributed by atoms with Gasteiger partial charge in [0.15, 0.2) is 0 Å². The van der Waals surface area contributed by atoms with Gasteiger partial charge in [-0.2, -0.15) is 0 Å². The average molecular weight is 246 g/mol. The van der Waals surface area contributed by atoms with E-state index in [1.54, 1.807) is 0 Å². The zero-order valence-corrected chi connectivity index (χ0v) is 13.2. The fourth-order valence-corrected chi connectivity index (χ4v) is 4.81. The molecule has 0 unspecified atom stereocenters. The van der Waals surface area contributed by atoms with Crippen LogP contribution in [0, 0.1) is 11.8 Å². The van der Waals surface area contributed by atoms with Crippen LogP contribution in [0.4, 0.5) is 0 Å². The van der Waals surface area contributed by atoms with Crippen LogP contribution in [-0.2, 0) is 8.85 Å². The molecule has 0 rings (SSSR count). The topological polar surface area (TPSA) is 18.5 Å². The van der Waals surface area contributed by atoms with Crippen LogP contribution in [0.25, 0.3) is 0 Å². The van der Waals surface area contributed by atoms with Crippen LogP contribution >= 0.6 is 0 Å². The van der Waals surface area contributed by atoms with E-state index in [0.29, 0.717) is 17.4 Å². The SMILES string of the molecule is CC[Si](OCC(C)C)(OCC(C)C)C(C)C. The average Bonchev–Trinajstić information content (AvgIpc) is 2.17. The minimum absolute atomic E-state index is 0.523. The van der Waals surface area contributed by atoms with E-state index in [9.17, 15) is 0 Å². The van der Waals surface area contributed by atoms with Gasteiger partial charge in [-0.1, -0.05) is 48.5 Å². The summed E-state index contributed by atoms with van der Waals surface area (Å²) in [6.45, 7) is 17.1. The molecule has 0 saturated heterocycles. The number of hydrogen-bond acceptors (Lipinski definition) is 2. The molecule has 0 saturated carbocycles. The van der Waals surface area contributed by atoms with Gasteiger partial charge in [-0.15, -0.1) is 0 Å². The first-order valence-corrected chi connectivity index (χ1v) is 8.72. The first-order chi connectivity index (χ1) is 7.34. The van der Waals surface area contributed by atoms with Gasteiger partial charge in [0, 0.05) is 13.2 Å². The minimum atomic E-state index is -1.97. The summed E-state index contributed by atoms with van der Waals surface area (Å²) in [6, 6.07) is 1.05. The zero-order chi connectivity index (χ0) is 12.8. The third-order valence-electron chi connectivity index (χ3n) is 2.69. The van der Waals surface area contributed by atoms with Gasteiger partial charge in [0.2, 0.25) is 0 Å². The highest BCUT2D eigenvalue weighted by Gasteiger charge is 2.39. The second-order valence-corrected chi connectivity index (χ2v) is 9.79. The van der Waals surface area contributed by atoms with E-state index in [1.807, 2.05) is 0 Å². The van der Waals surface area contributed by atoms with Crippen LogP contribution < -0.4 is 0 Å². The third-order valence-corrected chi connectivity index (χ3v) is 6.75. The summed E-state index contributed by atoms with van der Waals surface area (Å²) in [5, 5.41) is 0. The predicted molar refractivity (Wildman–Crippen MR) is 72.9 cm³/mol. The molecular formula is C13H30O2Si. The quantitative estimate of drug-likeness (QED) is 0.598. The molecule has 0 heterocycles. The molecule has 0 aliphatic carbocycles. The highest BCUT2D eigenvalue weighted by molar-refractivity contribution is 6.68. The molecule has 0 aliphatic heterocycles. The minimum Gasteiger partial charge on any atom is -0.394 e. The molecule has 0 radical (unpaired) electrons. The molecule has 0 aliphatic rings. The molecule has 0 N–H and O–H groups in total. The molecule has 2 nitrogen and oxygen atoms in total. The monoisotopic (exact) mass is 246 g/mol. The normalized spacial score (nSPS) is 13.1. The standard InChI is InChI=1S/C13H30O2Si/c1-8-16(13(6)7,14-9-11(2)3)15-10-12(4)5/h11-13H,8-10H2,1-7H3. The van der Waals surface area contributed by atoms with Gasteiger partial charge in [-0.05, 0) is 23.4 Å². The number of rotatable bonds is 8. The molecule has 0 aromatic rings. The Kier molecular flexibility index (Phi) is 7.52. The Hall–Kier alpha value is 0.137. The van der Waals surface area contributed by atoms with Crippen LogP contribution in [0.2, 0.25) is 11.6 Å². The highest BCUT2D eigenvalue weighted by Crippen LogP contribution is 2.28. The van der Waals surface area contributed by atoms with Crippen molar-refractivity contribution in [3.63, 3.8) is 0 Å². The third kappa shape index (κ3) is 5.46. The van der Waals surface area contributed by atoms with Crippen LogP contribution in [0.15, 0.2) is 0 Å². The summed E-state index contributed by atoms with van der Waals surface area (Å²) in [5.41, 5.74) is 0.523. The van der Waals surface area contributed by atoms with Crippen molar-refractivity contribution in [2.75, 3.05) is 13.2 Å². The van der Waals surface area contributed by atoms with Crippen molar-refractivity contribution >= 4 is 8.56 Å². The Balaban J connectivity index is 4.45. The van der Waals surface area contributed by atoms with Crippen LogP contribution in [0.1, 0.15) is 48.5 Å². The lowest BCUT2D eigenvalue weighted by Gasteiger charge is -2.34. The molecule has 98 valence electrons. The smallest absolute Gasteiger partial charge is 0.340 e. The van der Waals surface area contributed by atoms with Gasteiger partial charge in [0.1, 0.15) is 0 Å². The van der Waals surface area contributed by atoms with Crippen molar-refractivity contribution in [1.82, 2.24) is 0 Å². The van der Waals surface area contributed by atoms with Gasteiger partial charge in [-0.25, -0.2) is 0 Å². The lowest BCUT2D eigenvalue weighted by atomic mass is 10.2. The first-order valence-electron chi connectivity index (χ1n) is 6.62. The van der Waals surface area contributed by atoms with Crippen LogP contribution in [0.3, 0.4) is 0 Å². The Morgan fingerprint density at radius 1 is 0.812 bits per heavy atom. The zero-order valence-electron chi connectivity index (χ0n) is 12.2. The van der Waals surface area contributed by atoms with Crippen LogP contribution in [-0.4, -0.2) is 21.8 Å². The summed E-state index contributed by atoms with van der Waals surface area (Å²) in [6.07, 6.45) is 0. The first kappa shape index (κ1) is 16.1. The van der Waals surface area contributed by atoms with Crippen molar-refractivity contribution in [3.05, 3.63) is 0 Å². The maximum atomic E-state index is 6.17. The maximum Gasteiger partial charge on any atom is 0.340 e. The predicted octanol–water partition coefficient (Wildman–Crippen LogP) is 4.20. The molecule has 0 aromatic heterocycles. The van der Waals surface area contributed by atoms with E-state index in [-0.39, 0.29) is 0 Å². The van der Waals surface area contributed by atoms with Gasteiger partial charge < -0.3 is 8.85 Å². The van der Waals surface area contributed by atoms with Crippen molar-refractivity contribution in [2.45, 2.75) is 60.1 Å². The van der Waals surface area contributed by atoms with Crippen LogP contribution in [0.5, 0.6) is 0 Å². The summed E-state index contributed by atoms with van der Waals surface area (Å²) < 4.78 is 12.3. The Bertz CT molecular complexity index is 167. The van der Waals surface area contributed by atoms with Crippen molar-refractivity contribution < 1.29 is 8.85 Å². The van der Waals surface area contributed by atoms with Crippen molar-refractivity contribution in [2.24, 2.45) is 11.8 Å². The van der Waals surface area contributed by atoms with Crippen molar-refractivity contribution in [1.29, 1.82) is 0 Å². The van der Waals surface area contributed by atoms with E-state index < -0.39 is 8.56 Å². The molecule has 0 atom stereocenters. The molecule has 0 bridgehead atoms. The summed E-state index contributed by atoms with van der Waals surface area (Å²) in [7, 11) is -1.97. The highest BCUT2D eigenvalue weighted by atomic mass is 28.4. The van der Waals surface area contributed by atoms with Gasteiger partial charge >= 0.3 is 8.56 Å². The molecule has 3 heteroatoms. The summed E-state index contributed by atoms with van der Waals surface area (Å²) in [5.74, 6) is 1.17. The van der Waals surface area contributed by atoms with E-state index in [0.717, 1.165) is 19.3 Å². The van der Waals surface area contributed by atoms with Crippen molar-refractivity contribution in [3.8, 4) is 0 Å². The second-order valence-electron chi connectivity index (χ2n) is 5.73. The fraction of sp³-hybridized carbons (Fsp3) is 1.00. The van der Waals surface area contributed by atoms with E-state index in [1.165, 1.54) is 0 Å². The largest absolute Gasteiger partial charge is 0.394 e. The molecule has 16 heavy (non-hydrogen) atoms. The number of hydrogen-bond donors (Lipinski definition) is 0. The fourth-order valence-electron chi connectivity index (χ4n) is 1.60. The molecular weight excluding hydrogens is 216 g/mol. The van der Waals surface area contributed by atoms with E-state index in [4.69, 9.17) is 8.85 Å². The van der Waals surface area contributed by atoms with E-state index in [2.05, 4.69) is 48.5 Å². The Morgan fingerprint density at radius 2 is 1.19 bits per heavy atom. The molecule has 0 amide bonds. The summed E-state index contributed by atoms with van der Waals surface area (Å²) >= 11 is 0. The Morgan fingerprint density at radius 3 is 1.38 bits per heavy atom. The lowest BCUT2D eigenvalue weighted by Crippen LogP contribution is -2.46.